The van der Waals surface area contributed by atoms with E-state index < -0.39 is 0 Å². The van der Waals surface area contributed by atoms with Gasteiger partial charge in [-0.25, -0.2) is 23.3 Å². The first-order valence-electron chi connectivity index (χ1n) is 9.46. The van der Waals surface area contributed by atoms with E-state index in [1.165, 1.54) is 11.1 Å². The lowest BCUT2D eigenvalue weighted by Gasteiger charge is -2.11. The molecule has 0 radical (unpaired) electrons. The van der Waals surface area contributed by atoms with Crippen molar-refractivity contribution in [1.29, 1.82) is 0 Å². The molecule has 0 amide bonds. The minimum absolute atomic E-state index is 0. The number of aromatic nitrogens is 5. The van der Waals surface area contributed by atoms with Crippen LogP contribution in [0.15, 0.2) is 73.8 Å². The predicted octanol–water partition coefficient (Wildman–Crippen LogP) is -4.22. The molecule has 6 nitrogen and oxygen atoms in total. The molecule has 0 saturated heterocycles. The Labute approximate surface area is 196 Å². The molecule has 4 aromatic rings. The van der Waals surface area contributed by atoms with Gasteiger partial charge in [0.2, 0.25) is 12.7 Å². The van der Waals surface area contributed by atoms with Crippen molar-refractivity contribution < 1.29 is 47.8 Å². The van der Waals surface area contributed by atoms with Gasteiger partial charge in [-0.1, -0.05) is 24.3 Å². The molecule has 0 atom stereocenters. The first-order chi connectivity index (χ1) is 13.8. The maximum Gasteiger partial charge on any atom is 0.244 e. The third-order valence-electron chi connectivity index (χ3n) is 5.13. The van der Waals surface area contributed by atoms with Gasteiger partial charge in [0.05, 0.1) is 18.5 Å². The average molecular weight is 533 g/mol. The van der Waals surface area contributed by atoms with E-state index in [2.05, 4.69) is 92.1 Å². The van der Waals surface area contributed by atoms with Crippen LogP contribution in [-0.4, -0.2) is 21.2 Å². The Morgan fingerprint density at radius 3 is 1.80 bits per heavy atom. The number of benzene rings is 1. The van der Waals surface area contributed by atoms with Gasteiger partial charge in [0.1, 0.15) is 56.7 Å². The molecule has 156 valence electrons. The number of hydrogen-bond donors (Lipinski definition) is 0. The summed E-state index contributed by atoms with van der Waals surface area (Å²) in [5.74, 6) is 0.960. The van der Waals surface area contributed by atoms with Gasteiger partial charge in [-0.3, -0.25) is 0 Å². The van der Waals surface area contributed by atoms with Crippen molar-refractivity contribution in [2.24, 2.45) is 0 Å². The van der Waals surface area contributed by atoms with Crippen molar-refractivity contribution in [3.8, 4) is 5.75 Å². The van der Waals surface area contributed by atoms with E-state index in [1.807, 2.05) is 0 Å². The highest BCUT2D eigenvalue weighted by Gasteiger charge is 2.16. The summed E-state index contributed by atoms with van der Waals surface area (Å²) in [6, 6.07) is 12.6. The molecule has 1 aliphatic heterocycles. The van der Waals surface area contributed by atoms with Crippen LogP contribution in [0.5, 0.6) is 5.75 Å². The normalized spacial score (nSPS) is 12.4. The van der Waals surface area contributed by atoms with Crippen molar-refractivity contribution >= 4 is 0 Å². The minimum atomic E-state index is 0. The third-order valence-corrected chi connectivity index (χ3v) is 5.13. The van der Waals surface area contributed by atoms with Crippen LogP contribution >= 0.6 is 0 Å². The van der Waals surface area contributed by atoms with Crippen molar-refractivity contribution in [3.05, 3.63) is 96.4 Å². The van der Waals surface area contributed by atoms with E-state index in [9.17, 15) is 0 Å². The van der Waals surface area contributed by atoms with Gasteiger partial charge in [-0.05, 0) is 12.1 Å². The second-order valence-corrected chi connectivity index (χ2v) is 7.25. The summed E-state index contributed by atoms with van der Waals surface area (Å²) in [7, 11) is 1.75. The van der Waals surface area contributed by atoms with Crippen LogP contribution in [0.2, 0.25) is 0 Å². The van der Waals surface area contributed by atoms with Crippen molar-refractivity contribution in [1.82, 2.24) is 14.1 Å². The molecule has 0 saturated carbocycles. The molecule has 0 spiro atoms. The van der Waals surface area contributed by atoms with Crippen LogP contribution in [0.4, 0.5) is 0 Å². The van der Waals surface area contributed by atoms with Crippen LogP contribution in [0.25, 0.3) is 0 Å². The van der Waals surface area contributed by atoms with Gasteiger partial charge in [0, 0.05) is 11.1 Å². The molecule has 0 unspecified atom stereocenters. The second kappa shape index (κ2) is 9.57. The summed E-state index contributed by atoms with van der Waals surface area (Å²) >= 11 is 0. The molecule has 4 heterocycles. The number of imidazole rings is 2. The summed E-state index contributed by atoms with van der Waals surface area (Å²) in [6.45, 7) is 3.04. The van der Waals surface area contributed by atoms with E-state index in [0.717, 1.165) is 43.3 Å². The number of nitrogens with zero attached hydrogens (tertiary/aromatic N) is 5. The van der Waals surface area contributed by atoms with E-state index in [-0.39, 0.29) is 34.0 Å². The SMILES string of the molecule is COc1c2cccc1C[n+]1ccn(c1)Cc1cccc(n1)Cn1cc[n+](c1)C2.[Br-].[Br-]. The lowest BCUT2D eigenvalue weighted by atomic mass is 10.1. The Bertz CT molecular complexity index is 1060. The molecule has 0 N–H and O–H groups in total. The number of pyridine rings is 1. The molecule has 8 bridgehead atoms. The molecule has 8 heteroatoms. The molecular formula is C22H23Br2N5O. The standard InChI is InChI=1S/C22H23N5O.2BrH/c1-28-22-18-4-2-5-19(22)13-25-9-11-27(17-25)15-21-7-3-6-20(23-21)14-26-10-8-24(12-18)16-26;;/h2-11,16-17H,12-15H2,1H3;2*1H/q+2;;/p-2. The Hall–Kier alpha value is -2.45. The fourth-order valence-electron chi connectivity index (χ4n) is 3.87. The highest BCUT2D eigenvalue weighted by molar-refractivity contribution is 5.40. The summed E-state index contributed by atoms with van der Waals surface area (Å²) in [5.41, 5.74) is 4.48. The Morgan fingerprint density at radius 1 is 0.800 bits per heavy atom. The van der Waals surface area contributed by atoms with E-state index in [4.69, 9.17) is 9.72 Å². The maximum atomic E-state index is 5.80. The number of rotatable bonds is 1. The Balaban J connectivity index is 0.00000128. The fraction of sp³-hybridized carbons (Fsp3) is 0.227. The van der Waals surface area contributed by atoms with Gasteiger partial charge in [0.15, 0.2) is 0 Å². The molecule has 0 aliphatic carbocycles. The predicted molar refractivity (Wildman–Crippen MR) is 103 cm³/mol. The second-order valence-electron chi connectivity index (χ2n) is 7.25. The largest absolute Gasteiger partial charge is 1.00 e. The number of methoxy groups -OCH3 is 1. The van der Waals surface area contributed by atoms with Gasteiger partial charge in [-0.2, -0.15) is 0 Å². The van der Waals surface area contributed by atoms with Gasteiger partial charge in [-0.15, -0.1) is 0 Å². The minimum Gasteiger partial charge on any atom is -1.00 e. The third kappa shape index (κ3) is 4.65. The molecule has 0 fully saturated rings. The zero-order valence-corrected chi connectivity index (χ0v) is 19.8. The van der Waals surface area contributed by atoms with Gasteiger partial charge < -0.3 is 38.7 Å². The number of ether oxygens (including phenoxy) is 1. The number of para-hydroxylation sites is 1. The number of hydrogen-bond acceptors (Lipinski definition) is 2. The van der Waals surface area contributed by atoms with Crippen LogP contribution in [-0.2, 0) is 26.2 Å². The van der Waals surface area contributed by atoms with Crippen molar-refractivity contribution in [3.63, 3.8) is 0 Å². The van der Waals surface area contributed by atoms with Gasteiger partial charge >= 0.3 is 0 Å². The van der Waals surface area contributed by atoms with E-state index in [1.54, 1.807) is 7.11 Å². The summed E-state index contributed by atoms with van der Waals surface area (Å²) in [6.07, 6.45) is 12.6. The first-order valence-corrected chi connectivity index (χ1v) is 9.46. The highest BCUT2D eigenvalue weighted by Crippen LogP contribution is 2.23. The quantitative estimate of drug-likeness (QED) is 0.205. The topological polar surface area (TPSA) is 39.7 Å². The fourth-order valence-corrected chi connectivity index (χ4v) is 3.87. The van der Waals surface area contributed by atoms with Gasteiger partial charge in [0.25, 0.3) is 0 Å². The molecule has 5 rings (SSSR count). The molecule has 1 aliphatic rings. The average Bonchev–Trinajstić information content (AvgIpc) is 3.31. The van der Waals surface area contributed by atoms with Crippen LogP contribution < -0.4 is 47.8 Å². The van der Waals surface area contributed by atoms with E-state index >= 15 is 0 Å². The van der Waals surface area contributed by atoms with Crippen LogP contribution in [0.1, 0.15) is 22.5 Å². The number of fused-ring (bicyclic) bond motifs is 8. The van der Waals surface area contributed by atoms with Crippen LogP contribution in [0.3, 0.4) is 0 Å². The summed E-state index contributed by atoms with van der Waals surface area (Å²) in [4.78, 5) is 4.84. The van der Waals surface area contributed by atoms with E-state index in [0.29, 0.717) is 0 Å². The lowest BCUT2D eigenvalue weighted by molar-refractivity contribution is -0.688. The Kier molecular flexibility index (Phi) is 7.10. The molecule has 1 aromatic carbocycles. The summed E-state index contributed by atoms with van der Waals surface area (Å²) in [5, 5.41) is 0. The zero-order chi connectivity index (χ0) is 18.9. The Morgan fingerprint density at radius 2 is 1.30 bits per heavy atom. The summed E-state index contributed by atoms with van der Waals surface area (Å²) < 4.78 is 14.5. The van der Waals surface area contributed by atoms with Crippen molar-refractivity contribution in [2.75, 3.05) is 7.11 Å². The first kappa shape index (κ1) is 22.2. The van der Waals surface area contributed by atoms with Crippen molar-refractivity contribution in [2.45, 2.75) is 26.2 Å². The zero-order valence-electron chi connectivity index (χ0n) is 16.7. The molecule has 3 aromatic heterocycles. The molecular weight excluding hydrogens is 510 g/mol. The van der Waals surface area contributed by atoms with Crippen LogP contribution in [0, 0.1) is 0 Å². The molecule has 30 heavy (non-hydrogen) atoms. The maximum absolute atomic E-state index is 5.80. The smallest absolute Gasteiger partial charge is 0.244 e. The highest BCUT2D eigenvalue weighted by atomic mass is 79.9. The number of halogens is 2. The monoisotopic (exact) mass is 531 g/mol. The lowest BCUT2D eigenvalue weighted by Crippen LogP contribution is -3.00.